The molecule has 3 heteroatoms. The van der Waals surface area contributed by atoms with Crippen LogP contribution in [-0.2, 0) is 11.2 Å². The highest BCUT2D eigenvalue weighted by molar-refractivity contribution is 7.81. The average molecular weight is 223 g/mol. The van der Waals surface area contributed by atoms with E-state index >= 15 is 0 Å². The zero-order chi connectivity index (χ0) is 11.1. The van der Waals surface area contributed by atoms with Crippen LogP contribution in [0, 0.1) is 0 Å². The van der Waals surface area contributed by atoms with Crippen LogP contribution in [-0.4, -0.2) is 17.7 Å². The van der Waals surface area contributed by atoms with Gasteiger partial charge in [0.2, 0.25) is 5.91 Å². The highest BCUT2D eigenvalue weighted by atomic mass is 32.1. The van der Waals surface area contributed by atoms with Crippen molar-refractivity contribution in [2.75, 3.05) is 6.54 Å². The molecule has 0 aliphatic heterocycles. The maximum Gasteiger partial charge on any atom is 0.224 e. The monoisotopic (exact) mass is 223 g/mol. The number of amides is 1. The largest absolute Gasteiger partial charge is 0.355 e. The molecule has 82 valence electrons. The lowest BCUT2D eigenvalue weighted by Crippen LogP contribution is -2.30. The SMILES string of the molecule is CC[C@H](S)CNC(=O)Cc1ccccc1. The Hall–Kier alpha value is -0.960. The highest BCUT2D eigenvalue weighted by Gasteiger charge is 2.04. The van der Waals surface area contributed by atoms with Crippen molar-refractivity contribution in [3.8, 4) is 0 Å². The van der Waals surface area contributed by atoms with Crippen LogP contribution in [0.15, 0.2) is 30.3 Å². The molecule has 0 unspecified atom stereocenters. The number of hydrogen-bond donors (Lipinski definition) is 2. The van der Waals surface area contributed by atoms with E-state index in [1.54, 1.807) is 0 Å². The Labute approximate surface area is 96.5 Å². The van der Waals surface area contributed by atoms with Gasteiger partial charge in [-0.1, -0.05) is 37.3 Å². The fourth-order valence-corrected chi connectivity index (χ4v) is 1.31. The Morgan fingerprint density at radius 3 is 2.67 bits per heavy atom. The van der Waals surface area contributed by atoms with Crippen molar-refractivity contribution in [2.24, 2.45) is 0 Å². The molecule has 0 aliphatic carbocycles. The minimum atomic E-state index is 0.0636. The fraction of sp³-hybridized carbons (Fsp3) is 0.417. The van der Waals surface area contributed by atoms with E-state index in [-0.39, 0.29) is 11.2 Å². The fourth-order valence-electron chi connectivity index (χ4n) is 1.22. The predicted molar refractivity (Wildman–Crippen MR) is 66.2 cm³/mol. The van der Waals surface area contributed by atoms with Gasteiger partial charge in [0, 0.05) is 11.8 Å². The second-order valence-corrected chi connectivity index (χ2v) is 4.26. The number of carbonyl (C=O) groups excluding carboxylic acids is 1. The van der Waals surface area contributed by atoms with Gasteiger partial charge in [-0.3, -0.25) is 4.79 Å². The maximum absolute atomic E-state index is 11.5. The summed E-state index contributed by atoms with van der Waals surface area (Å²) in [7, 11) is 0. The van der Waals surface area contributed by atoms with Crippen molar-refractivity contribution in [1.29, 1.82) is 0 Å². The van der Waals surface area contributed by atoms with E-state index in [0.717, 1.165) is 12.0 Å². The number of rotatable bonds is 5. The minimum Gasteiger partial charge on any atom is -0.355 e. The molecular formula is C12H17NOS. The summed E-state index contributed by atoms with van der Waals surface area (Å²) in [4.78, 5) is 11.5. The molecule has 1 aromatic carbocycles. The molecule has 15 heavy (non-hydrogen) atoms. The number of carbonyl (C=O) groups is 1. The molecule has 0 aliphatic rings. The molecule has 0 spiro atoms. The second-order valence-electron chi connectivity index (χ2n) is 3.53. The summed E-state index contributed by atoms with van der Waals surface area (Å²) in [5, 5.41) is 3.12. The summed E-state index contributed by atoms with van der Waals surface area (Å²) in [6, 6.07) is 9.74. The van der Waals surface area contributed by atoms with Gasteiger partial charge >= 0.3 is 0 Å². The Morgan fingerprint density at radius 1 is 1.40 bits per heavy atom. The van der Waals surface area contributed by atoms with E-state index in [1.807, 2.05) is 30.3 Å². The molecule has 1 rings (SSSR count). The lowest BCUT2D eigenvalue weighted by atomic mass is 10.1. The average Bonchev–Trinajstić information content (AvgIpc) is 2.27. The number of hydrogen-bond acceptors (Lipinski definition) is 2. The van der Waals surface area contributed by atoms with Crippen LogP contribution in [0.4, 0.5) is 0 Å². The topological polar surface area (TPSA) is 29.1 Å². The van der Waals surface area contributed by atoms with Gasteiger partial charge in [0.1, 0.15) is 0 Å². The lowest BCUT2D eigenvalue weighted by molar-refractivity contribution is -0.120. The third-order valence-corrected chi connectivity index (χ3v) is 2.76. The smallest absolute Gasteiger partial charge is 0.224 e. The summed E-state index contributed by atoms with van der Waals surface area (Å²) in [6.07, 6.45) is 1.42. The first-order valence-corrected chi connectivity index (χ1v) is 5.72. The van der Waals surface area contributed by atoms with Crippen LogP contribution in [0.2, 0.25) is 0 Å². The summed E-state index contributed by atoms with van der Waals surface area (Å²) in [5.74, 6) is 0.0636. The van der Waals surface area contributed by atoms with E-state index in [0.29, 0.717) is 13.0 Å². The van der Waals surface area contributed by atoms with Gasteiger partial charge in [0.05, 0.1) is 6.42 Å². The van der Waals surface area contributed by atoms with Crippen LogP contribution in [0.3, 0.4) is 0 Å². The summed E-state index contributed by atoms with van der Waals surface area (Å²) < 4.78 is 0. The van der Waals surface area contributed by atoms with E-state index < -0.39 is 0 Å². The first-order valence-electron chi connectivity index (χ1n) is 5.21. The third-order valence-electron chi connectivity index (χ3n) is 2.21. The lowest BCUT2D eigenvalue weighted by Gasteiger charge is -2.09. The van der Waals surface area contributed by atoms with Crippen molar-refractivity contribution < 1.29 is 4.79 Å². The molecule has 1 atom stereocenters. The normalized spacial score (nSPS) is 12.1. The van der Waals surface area contributed by atoms with Crippen molar-refractivity contribution >= 4 is 18.5 Å². The van der Waals surface area contributed by atoms with Gasteiger partial charge in [0.25, 0.3) is 0 Å². The third kappa shape index (κ3) is 4.88. The van der Waals surface area contributed by atoms with Gasteiger partial charge in [-0.2, -0.15) is 12.6 Å². The van der Waals surface area contributed by atoms with E-state index in [2.05, 4.69) is 24.9 Å². The molecule has 2 nitrogen and oxygen atoms in total. The number of benzene rings is 1. The van der Waals surface area contributed by atoms with Gasteiger partial charge < -0.3 is 5.32 Å². The minimum absolute atomic E-state index is 0.0636. The standard InChI is InChI=1S/C12H17NOS/c1-2-11(15)9-13-12(14)8-10-6-4-3-5-7-10/h3-7,11,15H,2,8-9H2,1H3,(H,13,14)/t11-/m0/s1. The molecule has 1 aromatic rings. The van der Waals surface area contributed by atoms with Crippen molar-refractivity contribution in [1.82, 2.24) is 5.32 Å². The number of nitrogens with one attached hydrogen (secondary N) is 1. The predicted octanol–water partition coefficient (Wildman–Crippen LogP) is 2.05. The van der Waals surface area contributed by atoms with Crippen LogP contribution >= 0.6 is 12.6 Å². The molecule has 0 radical (unpaired) electrons. The highest BCUT2D eigenvalue weighted by Crippen LogP contribution is 2.00. The Bertz CT molecular complexity index is 300. The van der Waals surface area contributed by atoms with Crippen molar-refractivity contribution in [2.45, 2.75) is 25.0 Å². The maximum atomic E-state index is 11.5. The first-order chi connectivity index (χ1) is 7.22. The van der Waals surface area contributed by atoms with Crippen molar-refractivity contribution in [3.63, 3.8) is 0 Å². The number of thiol groups is 1. The molecule has 0 aromatic heterocycles. The molecule has 0 bridgehead atoms. The van der Waals surface area contributed by atoms with Gasteiger partial charge in [-0.15, -0.1) is 0 Å². The molecular weight excluding hydrogens is 206 g/mol. The van der Waals surface area contributed by atoms with Crippen LogP contribution < -0.4 is 5.32 Å². The molecule has 1 N–H and O–H groups in total. The van der Waals surface area contributed by atoms with Crippen LogP contribution in [0.25, 0.3) is 0 Å². The molecule has 0 saturated heterocycles. The zero-order valence-corrected chi connectivity index (χ0v) is 9.84. The second kappa shape index (κ2) is 6.51. The van der Waals surface area contributed by atoms with Crippen molar-refractivity contribution in [3.05, 3.63) is 35.9 Å². The summed E-state index contributed by atoms with van der Waals surface area (Å²) >= 11 is 4.32. The Balaban J connectivity index is 2.31. The van der Waals surface area contributed by atoms with E-state index in [1.165, 1.54) is 0 Å². The van der Waals surface area contributed by atoms with Crippen LogP contribution in [0.5, 0.6) is 0 Å². The first kappa shape index (κ1) is 12.1. The summed E-state index contributed by atoms with van der Waals surface area (Å²) in [6.45, 7) is 2.70. The Kier molecular flexibility index (Phi) is 5.26. The molecule has 1 amide bonds. The molecule has 0 heterocycles. The molecule has 0 saturated carbocycles. The van der Waals surface area contributed by atoms with Gasteiger partial charge in [-0.25, -0.2) is 0 Å². The van der Waals surface area contributed by atoms with Gasteiger partial charge in [0.15, 0.2) is 0 Å². The quantitative estimate of drug-likeness (QED) is 0.735. The zero-order valence-electron chi connectivity index (χ0n) is 8.94. The van der Waals surface area contributed by atoms with E-state index in [9.17, 15) is 4.79 Å². The Morgan fingerprint density at radius 2 is 2.07 bits per heavy atom. The van der Waals surface area contributed by atoms with E-state index in [4.69, 9.17) is 0 Å². The van der Waals surface area contributed by atoms with Crippen LogP contribution in [0.1, 0.15) is 18.9 Å². The van der Waals surface area contributed by atoms with Gasteiger partial charge in [-0.05, 0) is 12.0 Å². The molecule has 0 fully saturated rings. The summed E-state index contributed by atoms with van der Waals surface area (Å²) in [5.41, 5.74) is 1.04.